The van der Waals surface area contributed by atoms with E-state index in [2.05, 4.69) is 22.3 Å². The minimum Gasteiger partial charge on any atom is -0.496 e. The lowest BCUT2D eigenvalue weighted by atomic mass is 9.93. The highest BCUT2D eigenvalue weighted by Crippen LogP contribution is 2.26. The first-order valence-corrected chi connectivity index (χ1v) is 13.3. The normalized spacial score (nSPS) is 13.8. The monoisotopic (exact) mass is 510 g/mol. The van der Waals surface area contributed by atoms with Crippen molar-refractivity contribution in [1.29, 1.82) is 0 Å². The third-order valence-corrected chi connectivity index (χ3v) is 7.32. The standard InChI is InChI=1S/C31H34N4O3/c1-38-28-19-11-8-16-25(28)31(37)32-20-29-33-26-17-9-10-18-27(26)35(29)22-30(36)34(24-14-6-3-7-15-24)21-23-12-4-2-5-13-23/h2,4-5,8-13,16-19,24H,3,6-7,14-15,20-22H2,1H3,(H,32,37). The van der Waals surface area contributed by atoms with Gasteiger partial charge in [0.05, 0.1) is 30.3 Å². The fourth-order valence-corrected chi connectivity index (χ4v) is 5.34. The Bertz CT molecular complexity index is 1390. The smallest absolute Gasteiger partial charge is 0.255 e. The van der Waals surface area contributed by atoms with Gasteiger partial charge in [0.2, 0.25) is 5.91 Å². The number of amides is 2. The fourth-order valence-electron chi connectivity index (χ4n) is 5.34. The van der Waals surface area contributed by atoms with Crippen LogP contribution < -0.4 is 10.1 Å². The van der Waals surface area contributed by atoms with Gasteiger partial charge in [0.25, 0.3) is 5.91 Å². The Morgan fingerprint density at radius 1 is 0.947 bits per heavy atom. The van der Waals surface area contributed by atoms with Crippen molar-refractivity contribution in [3.8, 4) is 5.75 Å². The van der Waals surface area contributed by atoms with E-state index in [0.29, 0.717) is 23.7 Å². The summed E-state index contributed by atoms with van der Waals surface area (Å²) in [5, 5.41) is 2.97. The minimum atomic E-state index is -0.250. The Morgan fingerprint density at radius 2 is 1.66 bits per heavy atom. The largest absolute Gasteiger partial charge is 0.496 e. The number of carbonyl (C=O) groups is 2. The second-order valence-electron chi connectivity index (χ2n) is 9.78. The van der Waals surface area contributed by atoms with E-state index in [9.17, 15) is 9.59 Å². The molecule has 0 saturated heterocycles. The number of nitrogens with zero attached hydrogens (tertiary/aromatic N) is 3. The van der Waals surface area contributed by atoms with Crippen LogP contribution in [0.15, 0.2) is 78.9 Å². The maximum Gasteiger partial charge on any atom is 0.255 e. The van der Waals surface area contributed by atoms with E-state index < -0.39 is 0 Å². The highest BCUT2D eigenvalue weighted by molar-refractivity contribution is 5.96. The molecule has 4 aromatic rings. The number of para-hydroxylation sites is 3. The maximum atomic E-state index is 13.9. The molecule has 0 unspecified atom stereocenters. The van der Waals surface area contributed by atoms with E-state index >= 15 is 0 Å². The highest BCUT2D eigenvalue weighted by Gasteiger charge is 2.27. The van der Waals surface area contributed by atoms with Crippen molar-refractivity contribution in [2.75, 3.05) is 7.11 Å². The summed E-state index contributed by atoms with van der Waals surface area (Å²) in [5.74, 6) is 0.977. The number of aromatic nitrogens is 2. The summed E-state index contributed by atoms with van der Waals surface area (Å²) in [6.07, 6.45) is 5.59. The number of carbonyl (C=O) groups excluding carboxylic acids is 2. The Kier molecular flexibility index (Phi) is 8.02. The molecule has 1 aliphatic carbocycles. The molecule has 7 nitrogen and oxygen atoms in total. The first-order valence-electron chi connectivity index (χ1n) is 13.3. The van der Waals surface area contributed by atoms with Gasteiger partial charge in [-0.15, -0.1) is 0 Å². The summed E-state index contributed by atoms with van der Waals surface area (Å²) in [6.45, 7) is 0.960. The lowest BCUT2D eigenvalue weighted by Crippen LogP contribution is -2.42. The fraction of sp³-hybridized carbons (Fsp3) is 0.323. The van der Waals surface area contributed by atoms with Gasteiger partial charge in [-0.25, -0.2) is 4.98 Å². The number of fused-ring (bicyclic) bond motifs is 1. The molecule has 0 radical (unpaired) electrons. The number of imidazole rings is 1. The number of ether oxygens (including phenoxy) is 1. The van der Waals surface area contributed by atoms with Crippen LogP contribution in [0.5, 0.6) is 5.75 Å². The number of hydrogen-bond donors (Lipinski definition) is 1. The molecule has 0 bridgehead atoms. The first kappa shape index (κ1) is 25.5. The number of hydrogen-bond acceptors (Lipinski definition) is 4. The minimum absolute atomic E-state index is 0.0706. The van der Waals surface area contributed by atoms with Gasteiger partial charge >= 0.3 is 0 Å². The molecule has 0 spiro atoms. The van der Waals surface area contributed by atoms with Crippen LogP contribution >= 0.6 is 0 Å². The van der Waals surface area contributed by atoms with Crippen LogP contribution in [0.3, 0.4) is 0 Å². The molecule has 1 heterocycles. The zero-order chi connectivity index (χ0) is 26.3. The van der Waals surface area contributed by atoms with Gasteiger partial charge < -0.3 is 19.5 Å². The van der Waals surface area contributed by atoms with Crippen LogP contribution in [0.4, 0.5) is 0 Å². The van der Waals surface area contributed by atoms with E-state index in [4.69, 9.17) is 9.72 Å². The molecule has 0 aliphatic heterocycles. The molecular weight excluding hydrogens is 476 g/mol. The first-order chi connectivity index (χ1) is 18.6. The van der Waals surface area contributed by atoms with Gasteiger partial charge in [-0.3, -0.25) is 9.59 Å². The molecule has 196 valence electrons. The van der Waals surface area contributed by atoms with Gasteiger partial charge in [0.15, 0.2) is 0 Å². The third kappa shape index (κ3) is 5.72. The number of nitrogens with one attached hydrogen (secondary N) is 1. The predicted molar refractivity (Wildman–Crippen MR) is 148 cm³/mol. The summed E-state index contributed by atoms with van der Waals surface area (Å²) in [4.78, 5) is 33.7. The van der Waals surface area contributed by atoms with Crippen LogP contribution in [0.1, 0.15) is 53.8 Å². The molecule has 1 aromatic heterocycles. The zero-order valence-electron chi connectivity index (χ0n) is 21.8. The third-order valence-electron chi connectivity index (χ3n) is 7.32. The van der Waals surface area contributed by atoms with Gasteiger partial charge in [-0.2, -0.15) is 0 Å². The summed E-state index contributed by atoms with van der Waals surface area (Å²) < 4.78 is 7.29. The molecule has 1 aliphatic rings. The van der Waals surface area contributed by atoms with Crippen molar-refractivity contribution in [1.82, 2.24) is 19.8 Å². The van der Waals surface area contributed by atoms with E-state index in [1.54, 1.807) is 25.3 Å². The van der Waals surface area contributed by atoms with Gasteiger partial charge in [-0.1, -0.05) is 73.9 Å². The summed E-state index contributed by atoms with van der Waals surface area (Å²) in [7, 11) is 1.55. The van der Waals surface area contributed by atoms with Gasteiger partial charge in [-0.05, 0) is 42.7 Å². The maximum absolute atomic E-state index is 13.9. The number of rotatable bonds is 9. The summed E-state index contributed by atoms with van der Waals surface area (Å²) in [6, 6.07) is 25.3. The molecule has 1 saturated carbocycles. The lowest BCUT2D eigenvalue weighted by molar-refractivity contribution is -0.135. The Balaban J connectivity index is 1.40. The van der Waals surface area contributed by atoms with E-state index in [-0.39, 0.29) is 30.9 Å². The van der Waals surface area contributed by atoms with Crippen LogP contribution in [0.2, 0.25) is 0 Å². The topological polar surface area (TPSA) is 76.5 Å². The van der Waals surface area contributed by atoms with Crippen molar-refractivity contribution >= 4 is 22.8 Å². The van der Waals surface area contributed by atoms with Crippen molar-refractivity contribution in [2.24, 2.45) is 0 Å². The van der Waals surface area contributed by atoms with Crippen LogP contribution in [0, 0.1) is 0 Å². The predicted octanol–water partition coefficient (Wildman–Crippen LogP) is 5.34. The second-order valence-corrected chi connectivity index (χ2v) is 9.78. The molecule has 0 atom stereocenters. The van der Waals surface area contributed by atoms with Gasteiger partial charge in [0, 0.05) is 12.6 Å². The molecule has 5 rings (SSSR count). The summed E-state index contributed by atoms with van der Waals surface area (Å²) >= 11 is 0. The van der Waals surface area contributed by atoms with E-state index in [1.165, 1.54) is 6.42 Å². The molecule has 1 N–H and O–H groups in total. The molecular formula is C31H34N4O3. The Labute approximate surface area is 223 Å². The summed E-state index contributed by atoms with van der Waals surface area (Å²) in [5.41, 5.74) is 3.27. The van der Waals surface area contributed by atoms with Crippen LogP contribution in [-0.4, -0.2) is 39.4 Å². The molecule has 38 heavy (non-hydrogen) atoms. The van der Waals surface area contributed by atoms with E-state index in [1.807, 2.05) is 53.1 Å². The van der Waals surface area contributed by atoms with Gasteiger partial charge in [0.1, 0.15) is 18.1 Å². The van der Waals surface area contributed by atoms with Crippen molar-refractivity contribution in [2.45, 2.75) is 57.8 Å². The average molecular weight is 511 g/mol. The molecule has 1 fully saturated rings. The van der Waals surface area contributed by atoms with Crippen molar-refractivity contribution in [3.05, 3.63) is 95.8 Å². The van der Waals surface area contributed by atoms with Crippen molar-refractivity contribution in [3.63, 3.8) is 0 Å². The lowest BCUT2D eigenvalue weighted by Gasteiger charge is -2.35. The molecule has 2 amide bonds. The number of methoxy groups -OCH3 is 1. The highest BCUT2D eigenvalue weighted by atomic mass is 16.5. The molecule has 7 heteroatoms. The Morgan fingerprint density at radius 3 is 2.45 bits per heavy atom. The molecule has 3 aromatic carbocycles. The Hall–Kier alpha value is -4.13. The second kappa shape index (κ2) is 11.9. The average Bonchev–Trinajstić information content (AvgIpc) is 3.32. The zero-order valence-corrected chi connectivity index (χ0v) is 21.8. The van der Waals surface area contributed by atoms with Crippen molar-refractivity contribution < 1.29 is 14.3 Å². The van der Waals surface area contributed by atoms with E-state index in [0.717, 1.165) is 42.3 Å². The SMILES string of the molecule is COc1ccccc1C(=O)NCc1nc2ccccc2n1CC(=O)N(Cc1ccccc1)C1CCCCC1. The van der Waals surface area contributed by atoms with Crippen LogP contribution in [0.25, 0.3) is 11.0 Å². The number of benzene rings is 3. The van der Waals surface area contributed by atoms with Crippen LogP contribution in [-0.2, 0) is 24.4 Å². The quantitative estimate of drug-likeness (QED) is 0.330.